The van der Waals surface area contributed by atoms with Gasteiger partial charge in [0.25, 0.3) is 0 Å². The van der Waals surface area contributed by atoms with E-state index >= 15 is 0 Å². The predicted molar refractivity (Wildman–Crippen MR) is 140 cm³/mol. The third kappa shape index (κ3) is 3.21. The van der Waals surface area contributed by atoms with Crippen LogP contribution in [-0.2, 0) is 16.6 Å². The summed E-state index contributed by atoms with van der Waals surface area (Å²) >= 11 is 0. The minimum absolute atomic E-state index is 0.289. The van der Waals surface area contributed by atoms with Crippen LogP contribution in [0.25, 0.3) is 11.0 Å². The number of pyridine rings is 1. The summed E-state index contributed by atoms with van der Waals surface area (Å²) in [5.74, 6) is 1.53. The Bertz CT molecular complexity index is 1580. The number of likely N-dealkylation sites (N-methyl/N-ethyl adjacent to an activating group) is 1. The molecule has 11 nitrogen and oxygen atoms in total. The molecule has 0 saturated carbocycles. The van der Waals surface area contributed by atoms with Crippen molar-refractivity contribution in [1.82, 2.24) is 24.8 Å². The molecule has 1 aromatic carbocycles. The van der Waals surface area contributed by atoms with Crippen molar-refractivity contribution in [2.75, 3.05) is 58.6 Å². The number of para-hydroxylation sites is 1. The first-order valence-electron chi connectivity index (χ1n) is 12.0. The van der Waals surface area contributed by atoms with Gasteiger partial charge in [-0.3, -0.25) is 4.31 Å². The number of hydrogen-bond donors (Lipinski definition) is 2. The Morgan fingerprint density at radius 2 is 1.86 bits per heavy atom. The zero-order valence-corrected chi connectivity index (χ0v) is 20.5. The van der Waals surface area contributed by atoms with Crippen molar-refractivity contribution >= 4 is 55.9 Å². The summed E-state index contributed by atoms with van der Waals surface area (Å²) in [7, 11) is -1.68. The highest BCUT2D eigenvalue weighted by Crippen LogP contribution is 2.50. The molecule has 6 heterocycles. The second-order valence-electron chi connectivity index (χ2n) is 9.31. The van der Waals surface area contributed by atoms with Gasteiger partial charge in [-0.15, -0.1) is 0 Å². The first-order chi connectivity index (χ1) is 17.5. The number of H-pyrrole nitrogens is 1. The lowest BCUT2D eigenvalue weighted by Crippen LogP contribution is -2.44. The predicted octanol–water partition coefficient (Wildman–Crippen LogP) is 2.61. The molecule has 1 saturated heterocycles. The Morgan fingerprint density at radius 1 is 1.00 bits per heavy atom. The first kappa shape index (κ1) is 21.4. The average molecular weight is 504 g/mol. The second-order valence-corrected chi connectivity index (χ2v) is 11.0. The normalized spacial score (nSPS) is 18.8. The van der Waals surface area contributed by atoms with E-state index in [9.17, 15) is 8.42 Å². The molecular formula is C24H25N9O2S. The Labute approximate surface area is 208 Å². The van der Waals surface area contributed by atoms with Crippen LogP contribution < -0.4 is 18.8 Å². The molecule has 0 spiro atoms. The van der Waals surface area contributed by atoms with Crippen LogP contribution in [0.4, 0.5) is 34.6 Å². The molecule has 1 fully saturated rings. The fourth-order valence-corrected chi connectivity index (χ4v) is 6.90. The fourth-order valence-electron chi connectivity index (χ4n) is 5.19. The minimum atomic E-state index is -3.81. The van der Waals surface area contributed by atoms with Gasteiger partial charge < -0.3 is 20.1 Å². The maximum absolute atomic E-state index is 13.6. The highest BCUT2D eigenvalue weighted by molar-refractivity contribution is 7.95. The van der Waals surface area contributed by atoms with E-state index in [-0.39, 0.29) is 5.95 Å². The number of anilines is 6. The molecule has 12 heteroatoms. The maximum Gasteiger partial charge on any atom is 0.332 e. The van der Waals surface area contributed by atoms with Gasteiger partial charge in [-0.2, -0.15) is 18.4 Å². The van der Waals surface area contributed by atoms with Crippen LogP contribution in [-0.4, -0.2) is 73.0 Å². The summed E-state index contributed by atoms with van der Waals surface area (Å²) in [6.07, 6.45) is 4.20. The smallest absolute Gasteiger partial charge is 0.332 e. The molecule has 0 radical (unpaired) electrons. The molecule has 7 rings (SSSR count). The van der Waals surface area contributed by atoms with Crippen molar-refractivity contribution in [3.8, 4) is 0 Å². The molecule has 0 amide bonds. The number of piperazine rings is 1. The Kier molecular flexibility index (Phi) is 4.63. The molecule has 0 unspecified atom stereocenters. The van der Waals surface area contributed by atoms with Crippen LogP contribution >= 0.6 is 0 Å². The first-order valence-corrected chi connectivity index (χ1v) is 13.4. The van der Waals surface area contributed by atoms with E-state index in [0.29, 0.717) is 35.5 Å². The minimum Gasteiger partial charge on any atom is -0.354 e. The quantitative estimate of drug-likeness (QED) is 0.437. The van der Waals surface area contributed by atoms with Crippen LogP contribution in [0.5, 0.6) is 0 Å². The van der Waals surface area contributed by atoms with Gasteiger partial charge in [0.2, 0.25) is 5.95 Å². The molecule has 3 aromatic heterocycles. The zero-order valence-electron chi connectivity index (χ0n) is 19.7. The summed E-state index contributed by atoms with van der Waals surface area (Å²) in [6, 6.07) is 11.4. The summed E-state index contributed by atoms with van der Waals surface area (Å²) in [5.41, 5.74) is 3.67. The zero-order chi connectivity index (χ0) is 24.4. The van der Waals surface area contributed by atoms with Gasteiger partial charge in [0.1, 0.15) is 11.5 Å². The van der Waals surface area contributed by atoms with Crippen molar-refractivity contribution in [1.29, 1.82) is 0 Å². The van der Waals surface area contributed by atoms with Crippen molar-refractivity contribution in [3.63, 3.8) is 0 Å². The lowest BCUT2D eigenvalue weighted by Gasteiger charge is -2.33. The second kappa shape index (κ2) is 7.80. The number of rotatable bonds is 4. The number of benzene rings is 1. The molecule has 0 bridgehead atoms. The number of aromatic amines is 1. The number of nitrogens with zero attached hydrogens (tertiary/aromatic N) is 7. The van der Waals surface area contributed by atoms with Gasteiger partial charge in [-0.1, -0.05) is 12.1 Å². The van der Waals surface area contributed by atoms with E-state index in [0.717, 1.165) is 48.9 Å². The molecule has 36 heavy (non-hydrogen) atoms. The van der Waals surface area contributed by atoms with E-state index in [2.05, 4.69) is 42.1 Å². The van der Waals surface area contributed by atoms with Crippen molar-refractivity contribution in [2.24, 2.45) is 0 Å². The molecule has 2 N–H and O–H groups in total. The van der Waals surface area contributed by atoms with Crippen LogP contribution in [0.15, 0.2) is 48.8 Å². The number of nitrogens with one attached hydrogen (secondary N) is 2. The summed E-state index contributed by atoms with van der Waals surface area (Å²) in [5, 5.41) is 3.84. The van der Waals surface area contributed by atoms with Crippen LogP contribution in [0.2, 0.25) is 0 Å². The van der Waals surface area contributed by atoms with E-state index in [1.54, 1.807) is 18.5 Å². The Hall–Kier alpha value is -3.90. The topological polar surface area (TPSA) is 114 Å². The summed E-state index contributed by atoms with van der Waals surface area (Å²) in [4.78, 5) is 21.6. The summed E-state index contributed by atoms with van der Waals surface area (Å²) < 4.78 is 30.0. The van der Waals surface area contributed by atoms with Crippen molar-refractivity contribution in [3.05, 3.63) is 54.4 Å². The lowest BCUT2D eigenvalue weighted by atomic mass is 10.1. The fraction of sp³-hybridized carbons (Fsp3) is 0.292. The van der Waals surface area contributed by atoms with Crippen molar-refractivity contribution in [2.45, 2.75) is 6.42 Å². The van der Waals surface area contributed by atoms with Gasteiger partial charge in [0, 0.05) is 38.9 Å². The number of fused-ring (bicyclic) bond motifs is 1. The van der Waals surface area contributed by atoms with Crippen molar-refractivity contribution < 1.29 is 8.42 Å². The van der Waals surface area contributed by atoms with Crippen LogP contribution in [0.1, 0.15) is 5.56 Å². The molecule has 0 atom stereocenters. The third-order valence-corrected chi connectivity index (χ3v) is 8.83. The van der Waals surface area contributed by atoms with E-state index < -0.39 is 10.2 Å². The van der Waals surface area contributed by atoms with E-state index in [1.807, 2.05) is 30.3 Å². The monoisotopic (exact) mass is 503 g/mol. The third-order valence-electron chi connectivity index (χ3n) is 7.08. The molecule has 3 aliphatic heterocycles. The number of hydrogen-bond acceptors (Lipinski definition) is 8. The molecule has 184 valence electrons. The van der Waals surface area contributed by atoms with Gasteiger partial charge in [-0.25, -0.2) is 9.29 Å². The highest BCUT2D eigenvalue weighted by Gasteiger charge is 2.46. The maximum atomic E-state index is 13.6. The SMILES string of the molecule is CN1CCN(c2ccc(Nc3nc(N4c5cccc6c5N(CC6)S4(=O)=O)c4cc[nH]c4n3)cn2)CC1. The van der Waals surface area contributed by atoms with E-state index in [4.69, 9.17) is 0 Å². The summed E-state index contributed by atoms with van der Waals surface area (Å²) in [6.45, 7) is 4.34. The molecule has 4 aromatic rings. The van der Waals surface area contributed by atoms with Crippen LogP contribution in [0.3, 0.4) is 0 Å². The van der Waals surface area contributed by atoms with Gasteiger partial charge in [0.15, 0.2) is 5.82 Å². The van der Waals surface area contributed by atoms with Gasteiger partial charge in [-0.05, 0) is 43.3 Å². The standard InChI is InChI=1S/C24H25N9O2S/c1-30-11-13-31(14-12-30)20-6-5-17(15-26-20)27-24-28-22-18(7-9-25-22)23(29-24)33-19-4-2-3-16-8-10-32(21(16)19)36(33,34)35/h2-7,9,15H,8,10-14H2,1H3,(H2,25,27,28,29). The van der Waals surface area contributed by atoms with Crippen LogP contribution in [0, 0.1) is 0 Å². The van der Waals surface area contributed by atoms with E-state index in [1.165, 1.54) is 8.61 Å². The Balaban J connectivity index is 1.24. The average Bonchev–Trinajstić information content (AvgIpc) is 3.58. The largest absolute Gasteiger partial charge is 0.354 e. The highest BCUT2D eigenvalue weighted by atomic mass is 32.2. The lowest BCUT2D eigenvalue weighted by molar-refractivity contribution is 0.312. The Morgan fingerprint density at radius 3 is 2.67 bits per heavy atom. The molecule has 3 aliphatic rings. The molecule has 0 aliphatic carbocycles. The van der Waals surface area contributed by atoms with Gasteiger partial charge >= 0.3 is 10.2 Å². The van der Waals surface area contributed by atoms with Gasteiger partial charge in [0.05, 0.1) is 28.6 Å². The number of aromatic nitrogens is 4. The molecular weight excluding hydrogens is 478 g/mol.